The van der Waals surface area contributed by atoms with E-state index >= 15 is 0 Å². The summed E-state index contributed by atoms with van der Waals surface area (Å²) in [6.45, 7) is 1.47. The Morgan fingerprint density at radius 3 is 2.46 bits per heavy atom. The Hall–Kier alpha value is -3.12. The Bertz CT molecular complexity index is 1540. The second-order valence-corrected chi connectivity index (χ2v) is 11.6. The van der Waals surface area contributed by atoms with Crippen LogP contribution in [0.25, 0.3) is 6.08 Å². The molecular formula is C25H18BrClN2O6S2. The molecule has 1 aliphatic heterocycles. The van der Waals surface area contributed by atoms with Crippen molar-refractivity contribution >= 4 is 78.2 Å². The summed E-state index contributed by atoms with van der Waals surface area (Å²) < 4.78 is 31.3. The zero-order valence-corrected chi connectivity index (χ0v) is 23.1. The molecule has 37 heavy (non-hydrogen) atoms. The predicted molar refractivity (Wildman–Crippen MR) is 146 cm³/mol. The normalized spacial score (nSPS) is 14.8. The Kier molecular flexibility index (Phi) is 8.08. The predicted octanol–water partition coefficient (Wildman–Crippen LogP) is 6.07. The first-order chi connectivity index (χ1) is 17.5. The van der Waals surface area contributed by atoms with Crippen LogP contribution < -0.4 is 9.50 Å². The van der Waals surface area contributed by atoms with E-state index in [9.17, 15) is 22.8 Å². The third kappa shape index (κ3) is 6.42. The van der Waals surface area contributed by atoms with Gasteiger partial charge in [-0.05, 0) is 71.4 Å². The van der Waals surface area contributed by atoms with Crippen molar-refractivity contribution in [1.82, 2.24) is 4.90 Å². The molecule has 12 heteroatoms. The van der Waals surface area contributed by atoms with E-state index in [1.165, 1.54) is 55.5 Å². The van der Waals surface area contributed by atoms with Gasteiger partial charge in [-0.3, -0.25) is 19.3 Å². The maximum Gasteiger partial charge on any atom is 0.339 e. The minimum Gasteiger partial charge on any atom is -0.377 e. The van der Waals surface area contributed by atoms with Gasteiger partial charge in [0.05, 0.1) is 16.5 Å². The summed E-state index contributed by atoms with van der Waals surface area (Å²) in [5.41, 5.74) is 1.72. The molecule has 0 bridgehead atoms. The summed E-state index contributed by atoms with van der Waals surface area (Å²) in [5.74, 6) is -0.827. The molecule has 3 aromatic carbocycles. The van der Waals surface area contributed by atoms with Crippen LogP contribution in [-0.4, -0.2) is 30.4 Å². The molecule has 1 aliphatic rings. The summed E-state index contributed by atoms with van der Waals surface area (Å²) in [4.78, 5) is 37.7. The van der Waals surface area contributed by atoms with Crippen LogP contribution in [0, 0.1) is 0 Å². The molecule has 0 spiro atoms. The topological polar surface area (TPSA) is 110 Å². The largest absolute Gasteiger partial charge is 0.377 e. The molecule has 0 radical (unpaired) electrons. The first-order valence-electron chi connectivity index (χ1n) is 10.6. The maximum absolute atomic E-state index is 12.9. The van der Waals surface area contributed by atoms with Crippen LogP contribution in [0.3, 0.4) is 0 Å². The molecule has 1 N–H and O–H groups in total. The van der Waals surface area contributed by atoms with Crippen molar-refractivity contribution < 1.29 is 27.0 Å². The zero-order valence-electron chi connectivity index (χ0n) is 19.1. The molecule has 0 aromatic heterocycles. The second kappa shape index (κ2) is 11.1. The highest BCUT2D eigenvalue weighted by molar-refractivity contribution is 9.10. The summed E-state index contributed by atoms with van der Waals surface area (Å²) in [7, 11) is -4.20. The molecule has 190 valence electrons. The van der Waals surface area contributed by atoms with Crippen LogP contribution >= 0.6 is 39.3 Å². The van der Waals surface area contributed by atoms with Gasteiger partial charge < -0.3 is 9.50 Å². The lowest BCUT2D eigenvalue weighted by Gasteiger charge is -2.13. The molecule has 3 aromatic rings. The van der Waals surface area contributed by atoms with Crippen LogP contribution in [0.1, 0.15) is 18.1 Å². The van der Waals surface area contributed by atoms with E-state index in [1.807, 2.05) is 24.3 Å². The molecule has 0 unspecified atom stereocenters. The van der Waals surface area contributed by atoms with Gasteiger partial charge in [0, 0.05) is 17.1 Å². The van der Waals surface area contributed by atoms with Gasteiger partial charge in [0.15, 0.2) is 5.75 Å². The van der Waals surface area contributed by atoms with Gasteiger partial charge in [-0.25, -0.2) is 0 Å². The number of halogens is 2. The lowest BCUT2D eigenvalue weighted by molar-refractivity contribution is -0.123. The van der Waals surface area contributed by atoms with E-state index in [1.54, 1.807) is 0 Å². The number of imide groups is 1. The van der Waals surface area contributed by atoms with Crippen molar-refractivity contribution in [1.29, 1.82) is 0 Å². The molecule has 8 nitrogen and oxygen atoms in total. The molecule has 1 heterocycles. The third-order valence-electron chi connectivity index (χ3n) is 5.08. The number of nitrogens with one attached hydrogen (secondary N) is 1. The smallest absolute Gasteiger partial charge is 0.339 e. The van der Waals surface area contributed by atoms with Gasteiger partial charge in [-0.1, -0.05) is 51.8 Å². The van der Waals surface area contributed by atoms with Crippen molar-refractivity contribution in [2.45, 2.75) is 18.4 Å². The van der Waals surface area contributed by atoms with E-state index in [0.717, 1.165) is 26.7 Å². The van der Waals surface area contributed by atoms with Gasteiger partial charge in [0.1, 0.15) is 4.90 Å². The monoisotopic (exact) mass is 620 g/mol. The van der Waals surface area contributed by atoms with E-state index in [4.69, 9.17) is 15.8 Å². The SMILES string of the molecule is CC(=O)Nc1ccc(S(=O)(=O)Oc2ccc(/C=C3\SC(=O)N(Cc4ccccc4Br)C3=O)cc2Cl)cc1. The van der Waals surface area contributed by atoms with E-state index in [2.05, 4.69) is 21.2 Å². The first-order valence-corrected chi connectivity index (χ1v) is 14.0. The second-order valence-electron chi connectivity index (χ2n) is 7.79. The number of amides is 3. The number of hydrogen-bond acceptors (Lipinski definition) is 7. The molecule has 1 fully saturated rings. The van der Waals surface area contributed by atoms with Crippen LogP contribution in [0.5, 0.6) is 5.75 Å². The van der Waals surface area contributed by atoms with Crippen LogP contribution in [0.2, 0.25) is 5.02 Å². The van der Waals surface area contributed by atoms with E-state index in [-0.39, 0.29) is 33.0 Å². The Morgan fingerprint density at radius 2 is 1.81 bits per heavy atom. The minimum absolute atomic E-state index is 0.000337. The van der Waals surface area contributed by atoms with Gasteiger partial charge in [0.2, 0.25) is 5.91 Å². The lowest BCUT2D eigenvalue weighted by atomic mass is 10.2. The minimum atomic E-state index is -4.20. The van der Waals surface area contributed by atoms with Crippen molar-refractivity contribution in [3.8, 4) is 5.75 Å². The van der Waals surface area contributed by atoms with Crippen molar-refractivity contribution in [2.24, 2.45) is 0 Å². The average molecular weight is 622 g/mol. The number of hydrogen-bond donors (Lipinski definition) is 1. The summed E-state index contributed by atoms with van der Waals surface area (Å²) in [6, 6.07) is 17.1. The van der Waals surface area contributed by atoms with Crippen LogP contribution in [0.4, 0.5) is 10.5 Å². The number of thioether (sulfide) groups is 1. The fraction of sp³-hybridized carbons (Fsp3) is 0.0800. The van der Waals surface area contributed by atoms with Gasteiger partial charge >= 0.3 is 10.1 Å². The lowest BCUT2D eigenvalue weighted by Crippen LogP contribution is -2.27. The zero-order chi connectivity index (χ0) is 26.7. The molecule has 4 rings (SSSR count). The van der Waals surface area contributed by atoms with Crippen LogP contribution in [0.15, 0.2) is 81.0 Å². The van der Waals surface area contributed by atoms with Crippen LogP contribution in [-0.2, 0) is 26.3 Å². The standard InChI is InChI=1S/C25H18BrClN2O6S2/c1-15(30)28-18-7-9-19(10-8-18)37(33,34)35-22-11-6-16(12-21(22)27)13-23-24(31)29(25(32)36-23)14-17-4-2-3-5-20(17)26/h2-13H,14H2,1H3,(H,28,30)/b23-13-. The molecular weight excluding hydrogens is 604 g/mol. The third-order valence-corrected chi connectivity index (χ3v) is 8.30. The molecule has 3 amide bonds. The number of carbonyl (C=O) groups is 3. The van der Waals surface area contributed by atoms with Gasteiger partial charge in [-0.2, -0.15) is 8.42 Å². The van der Waals surface area contributed by atoms with E-state index < -0.39 is 21.3 Å². The highest BCUT2D eigenvalue weighted by Crippen LogP contribution is 2.36. The highest BCUT2D eigenvalue weighted by atomic mass is 79.9. The number of rotatable bonds is 7. The molecule has 0 aliphatic carbocycles. The molecule has 1 saturated heterocycles. The van der Waals surface area contributed by atoms with Crippen molar-refractivity contribution in [3.05, 3.63) is 92.3 Å². The molecule has 0 atom stereocenters. The Labute approximate surface area is 230 Å². The highest BCUT2D eigenvalue weighted by Gasteiger charge is 2.35. The average Bonchev–Trinajstić information content (AvgIpc) is 3.09. The van der Waals surface area contributed by atoms with Gasteiger partial charge in [0.25, 0.3) is 11.1 Å². The van der Waals surface area contributed by atoms with E-state index in [0.29, 0.717) is 11.3 Å². The number of carbonyl (C=O) groups excluding carboxylic acids is 3. The fourth-order valence-corrected chi connectivity index (χ4v) is 5.80. The first kappa shape index (κ1) is 26.9. The van der Waals surface area contributed by atoms with Crippen molar-refractivity contribution in [2.75, 3.05) is 5.32 Å². The number of anilines is 1. The fourth-order valence-electron chi connectivity index (χ4n) is 3.33. The maximum atomic E-state index is 12.9. The Balaban J connectivity index is 1.49. The van der Waals surface area contributed by atoms with Crippen molar-refractivity contribution in [3.63, 3.8) is 0 Å². The van der Waals surface area contributed by atoms with Gasteiger partial charge in [-0.15, -0.1) is 0 Å². The number of benzene rings is 3. The molecule has 0 saturated carbocycles. The summed E-state index contributed by atoms with van der Waals surface area (Å²) in [5, 5.41) is 2.15. The summed E-state index contributed by atoms with van der Waals surface area (Å²) in [6.07, 6.45) is 1.51. The summed E-state index contributed by atoms with van der Waals surface area (Å²) >= 11 is 10.5. The number of nitrogens with zero attached hydrogens (tertiary/aromatic N) is 1. The Morgan fingerprint density at radius 1 is 1.11 bits per heavy atom. The quantitative estimate of drug-likeness (QED) is 0.252.